The maximum atomic E-state index is 10.5. The number of carboxylic acid groups (broad SMARTS) is 1. The predicted octanol–water partition coefficient (Wildman–Crippen LogP) is 1.95. The summed E-state index contributed by atoms with van der Waals surface area (Å²) in [6.45, 7) is 1.99. The molecule has 0 saturated carbocycles. The van der Waals surface area contributed by atoms with E-state index in [0.29, 0.717) is 17.8 Å². The van der Waals surface area contributed by atoms with Gasteiger partial charge in [0.15, 0.2) is 0 Å². The number of hydrogen-bond acceptors (Lipinski definition) is 3. The van der Waals surface area contributed by atoms with Gasteiger partial charge in [-0.25, -0.2) is 4.79 Å². The third-order valence-corrected chi connectivity index (χ3v) is 1.82. The highest BCUT2D eigenvalue weighted by Crippen LogP contribution is 2.04. The Kier molecular flexibility index (Phi) is 3.34. The number of carboxylic acids is 1. The van der Waals surface area contributed by atoms with Crippen LogP contribution in [0.25, 0.3) is 0 Å². The van der Waals surface area contributed by atoms with Crippen molar-refractivity contribution in [1.29, 1.82) is 5.41 Å². The van der Waals surface area contributed by atoms with Crippen LogP contribution < -0.4 is 0 Å². The minimum Gasteiger partial charge on any atom is -0.478 e. The SMILES string of the molecule is CCCC(=N)c1ccc(C(=O)O)cn1. The molecule has 0 aliphatic rings. The first-order valence-corrected chi connectivity index (χ1v) is 4.42. The van der Waals surface area contributed by atoms with Gasteiger partial charge in [0.2, 0.25) is 0 Å². The number of hydrogen-bond donors (Lipinski definition) is 2. The van der Waals surface area contributed by atoms with E-state index in [9.17, 15) is 4.79 Å². The molecular weight excluding hydrogens is 180 g/mol. The van der Waals surface area contributed by atoms with E-state index in [1.807, 2.05) is 6.92 Å². The molecule has 4 heteroatoms. The third-order valence-electron chi connectivity index (χ3n) is 1.82. The van der Waals surface area contributed by atoms with Gasteiger partial charge in [0, 0.05) is 6.20 Å². The first-order chi connectivity index (χ1) is 6.65. The molecule has 0 aromatic carbocycles. The fourth-order valence-electron chi connectivity index (χ4n) is 1.08. The highest BCUT2D eigenvalue weighted by atomic mass is 16.4. The molecule has 1 rings (SSSR count). The Balaban J connectivity index is 2.83. The Bertz CT molecular complexity index is 344. The van der Waals surface area contributed by atoms with E-state index >= 15 is 0 Å². The third kappa shape index (κ3) is 2.39. The molecule has 0 spiro atoms. The number of nitrogens with zero attached hydrogens (tertiary/aromatic N) is 1. The molecule has 0 radical (unpaired) electrons. The zero-order chi connectivity index (χ0) is 10.6. The number of aromatic nitrogens is 1. The van der Waals surface area contributed by atoms with Gasteiger partial charge in [-0.15, -0.1) is 0 Å². The highest BCUT2D eigenvalue weighted by Gasteiger charge is 2.05. The highest BCUT2D eigenvalue weighted by molar-refractivity contribution is 5.97. The minimum atomic E-state index is -0.994. The summed E-state index contributed by atoms with van der Waals surface area (Å²) in [6, 6.07) is 3.04. The fraction of sp³-hybridized carbons (Fsp3) is 0.300. The predicted molar refractivity (Wildman–Crippen MR) is 52.9 cm³/mol. The summed E-state index contributed by atoms with van der Waals surface area (Å²) in [5, 5.41) is 16.2. The molecule has 1 heterocycles. The second-order valence-electron chi connectivity index (χ2n) is 2.97. The van der Waals surface area contributed by atoms with Crippen molar-refractivity contribution >= 4 is 11.7 Å². The molecule has 0 bridgehead atoms. The second kappa shape index (κ2) is 4.50. The quantitative estimate of drug-likeness (QED) is 0.716. The smallest absolute Gasteiger partial charge is 0.337 e. The van der Waals surface area contributed by atoms with Crippen LogP contribution in [0.1, 0.15) is 35.8 Å². The summed E-state index contributed by atoms with van der Waals surface area (Å²) in [4.78, 5) is 14.4. The lowest BCUT2D eigenvalue weighted by molar-refractivity contribution is 0.0696. The van der Waals surface area contributed by atoms with Crippen molar-refractivity contribution in [3.8, 4) is 0 Å². The Labute approximate surface area is 82.1 Å². The number of pyridine rings is 1. The molecule has 0 amide bonds. The van der Waals surface area contributed by atoms with Crippen LogP contribution in [-0.4, -0.2) is 21.8 Å². The molecule has 0 atom stereocenters. The fourth-order valence-corrected chi connectivity index (χ4v) is 1.08. The van der Waals surface area contributed by atoms with E-state index in [-0.39, 0.29) is 5.56 Å². The first kappa shape index (κ1) is 10.4. The monoisotopic (exact) mass is 192 g/mol. The van der Waals surface area contributed by atoms with E-state index in [1.54, 1.807) is 6.07 Å². The molecule has 0 fully saturated rings. The summed E-state index contributed by atoms with van der Waals surface area (Å²) in [6.07, 6.45) is 2.84. The van der Waals surface area contributed by atoms with Gasteiger partial charge in [-0.1, -0.05) is 13.3 Å². The van der Waals surface area contributed by atoms with Gasteiger partial charge in [-0.2, -0.15) is 0 Å². The van der Waals surface area contributed by atoms with Gasteiger partial charge in [-0.05, 0) is 18.6 Å². The van der Waals surface area contributed by atoms with Crippen molar-refractivity contribution in [3.63, 3.8) is 0 Å². The van der Waals surface area contributed by atoms with Crippen LogP contribution in [0.3, 0.4) is 0 Å². The molecule has 2 N–H and O–H groups in total. The minimum absolute atomic E-state index is 0.151. The Morgan fingerprint density at radius 3 is 2.71 bits per heavy atom. The van der Waals surface area contributed by atoms with Crippen molar-refractivity contribution in [2.75, 3.05) is 0 Å². The average molecular weight is 192 g/mol. The molecule has 74 valence electrons. The summed E-state index contributed by atoms with van der Waals surface area (Å²) < 4.78 is 0. The maximum absolute atomic E-state index is 10.5. The number of nitrogens with one attached hydrogen (secondary N) is 1. The lowest BCUT2D eigenvalue weighted by atomic mass is 10.1. The number of carbonyl (C=O) groups is 1. The van der Waals surface area contributed by atoms with Crippen molar-refractivity contribution in [3.05, 3.63) is 29.6 Å². The van der Waals surface area contributed by atoms with E-state index in [1.165, 1.54) is 12.3 Å². The van der Waals surface area contributed by atoms with Gasteiger partial charge in [0.1, 0.15) is 0 Å². The molecular formula is C10H12N2O2. The van der Waals surface area contributed by atoms with E-state index < -0.39 is 5.97 Å². The van der Waals surface area contributed by atoms with Gasteiger partial charge in [0.05, 0.1) is 17.0 Å². The zero-order valence-electron chi connectivity index (χ0n) is 7.95. The van der Waals surface area contributed by atoms with Crippen molar-refractivity contribution < 1.29 is 9.90 Å². The number of rotatable bonds is 4. The van der Waals surface area contributed by atoms with E-state index in [4.69, 9.17) is 10.5 Å². The molecule has 0 aliphatic heterocycles. The van der Waals surface area contributed by atoms with Gasteiger partial charge < -0.3 is 10.5 Å². The van der Waals surface area contributed by atoms with Crippen molar-refractivity contribution in [1.82, 2.24) is 4.98 Å². The van der Waals surface area contributed by atoms with E-state index in [0.717, 1.165) is 6.42 Å². The second-order valence-corrected chi connectivity index (χ2v) is 2.97. The molecule has 14 heavy (non-hydrogen) atoms. The molecule has 0 saturated heterocycles. The van der Waals surface area contributed by atoms with Crippen molar-refractivity contribution in [2.24, 2.45) is 0 Å². The lowest BCUT2D eigenvalue weighted by Gasteiger charge is -2.01. The summed E-state index contributed by atoms with van der Waals surface area (Å²) in [5.41, 5.74) is 1.15. The summed E-state index contributed by atoms with van der Waals surface area (Å²) >= 11 is 0. The molecule has 4 nitrogen and oxygen atoms in total. The Morgan fingerprint density at radius 2 is 2.29 bits per heavy atom. The topological polar surface area (TPSA) is 74.0 Å². The molecule has 0 aliphatic carbocycles. The summed E-state index contributed by atoms with van der Waals surface area (Å²) in [5.74, 6) is -0.994. The van der Waals surface area contributed by atoms with Crippen LogP contribution >= 0.6 is 0 Å². The first-order valence-electron chi connectivity index (χ1n) is 4.42. The molecule has 1 aromatic heterocycles. The average Bonchev–Trinajstić information content (AvgIpc) is 2.18. The van der Waals surface area contributed by atoms with Gasteiger partial charge in [-0.3, -0.25) is 4.98 Å². The van der Waals surface area contributed by atoms with Crippen LogP contribution in [-0.2, 0) is 0 Å². The van der Waals surface area contributed by atoms with Gasteiger partial charge >= 0.3 is 5.97 Å². The Morgan fingerprint density at radius 1 is 1.57 bits per heavy atom. The largest absolute Gasteiger partial charge is 0.478 e. The normalized spacial score (nSPS) is 9.79. The van der Waals surface area contributed by atoms with Crippen LogP contribution in [0, 0.1) is 5.41 Å². The van der Waals surface area contributed by atoms with Crippen LogP contribution in [0.15, 0.2) is 18.3 Å². The molecule has 0 unspecified atom stereocenters. The van der Waals surface area contributed by atoms with Crippen molar-refractivity contribution in [2.45, 2.75) is 19.8 Å². The maximum Gasteiger partial charge on any atom is 0.337 e. The summed E-state index contributed by atoms with van der Waals surface area (Å²) in [7, 11) is 0. The van der Waals surface area contributed by atoms with Crippen LogP contribution in [0.2, 0.25) is 0 Å². The van der Waals surface area contributed by atoms with Crippen LogP contribution in [0.5, 0.6) is 0 Å². The van der Waals surface area contributed by atoms with Crippen LogP contribution in [0.4, 0.5) is 0 Å². The lowest BCUT2D eigenvalue weighted by Crippen LogP contribution is -2.04. The molecule has 1 aromatic rings. The number of aromatic carboxylic acids is 1. The van der Waals surface area contributed by atoms with Gasteiger partial charge in [0.25, 0.3) is 0 Å². The standard InChI is InChI=1S/C10H12N2O2/c1-2-3-8(11)9-5-4-7(6-12-9)10(13)14/h4-6,11H,2-3H2,1H3,(H,13,14). The van der Waals surface area contributed by atoms with E-state index in [2.05, 4.69) is 4.98 Å². The zero-order valence-corrected chi connectivity index (χ0v) is 7.95. The Hall–Kier alpha value is -1.71.